The van der Waals surface area contributed by atoms with Crippen LogP contribution in [0.3, 0.4) is 0 Å². The van der Waals surface area contributed by atoms with E-state index in [0.717, 1.165) is 5.69 Å². The SMILES string of the molecule is C.Cc1ccc(O)c(=O)[nH]1. The summed E-state index contributed by atoms with van der Waals surface area (Å²) in [5, 5.41) is 8.70. The van der Waals surface area contributed by atoms with Crippen molar-refractivity contribution in [3.8, 4) is 5.75 Å². The Kier molecular flexibility index (Phi) is 2.67. The molecule has 0 aliphatic heterocycles. The highest BCUT2D eigenvalue weighted by atomic mass is 16.3. The van der Waals surface area contributed by atoms with Crippen molar-refractivity contribution in [2.75, 3.05) is 0 Å². The van der Waals surface area contributed by atoms with E-state index in [1.165, 1.54) is 6.07 Å². The molecule has 0 unspecified atom stereocenters. The van der Waals surface area contributed by atoms with Crippen molar-refractivity contribution >= 4 is 0 Å². The summed E-state index contributed by atoms with van der Waals surface area (Å²) in [7, 11) is 0. The minimum Gasteiger partial charge on any atom is -0.503 e. The maximum atomic E-state index is 10.5. The first-order chi connectivity index (χ1) is 4.20. The molecule has 1 aromatic heterocycles. The molecular weight excluding hydrogens is 130 g/mol. The van der Waals surface area contributed by atoms with Crippen LogP contribution in [0.15, 0.2) is 16.9 Å². The van der Waals surface area contributed by atoms with E-state index in [1.807, 2.05) is 0 Å². The molecule has 3 nitrogen and oxygen atoms in total. The maximum absolute atomic E-state index is 10.5. The van der Waals surface area contributed by atoms with Crippen molar-refractivity contribution < 1.29 is 5.11 Å². The Morgan fingerprint density at radius 1 is 1.50 bits per heavy atom. The quantitative estimate of drug-likeness (QED) is 0.566. The summed E-state index contributed by atoms with van der Waals surface area (Å²) in [5.74, 6) is -0.236. The Balaban J connectivity index is 0.000000810. The van der Waals surface area contributed by atoms with Crippen molar-refractivity contribution in [2.45, 2.75) is 14.4 Å². The first-order valence-electron chi connectivity index (χ1n) is 2.59. The van der Waals surface area contributed by atoms with E-state index < -0.39 is 5.56 Å². The summed E-state index contributed by atoms with van der Waals surface area (Å²) in [6.45, 7) is 1.75. The lowest BCUT2D eigenvalue weighted by atomic mass is 10.4. The number of aryl methyl sites for hydroxylation is 1. The van der Waals surface area contributed by atoms with Gasteiger partial charge in [0.15, 0.2) is 5.75 Å². The van der Waals surface area contributed by atoms with E-state index in [9.17, 15) is 4.79 Å². The van der Waals surface area contributed by atoms with Crippen LogP contribution < -0.4 is 5.56 Å². The van der Waals surface area contributed by atoms with E-state index in [2.05, 4.69) is 4.98 Å². The molecule has 0 amide bonds. The topological polar surface area (TPSA) is 53.1 Å². The molecule has 0 spiro atoms. The second kappa shape index (κ2) is 3.06. The highest BCUT2D eigenvalue weighted by molar-refractivity contribution is 5.17. The molecular formula is C7H11NO2. The first-order valence-corrected chi connectivity index (χ1v) is 2.59. The standard InChI is InChI=1S/C6H7NO2.CH4/c1-4-2-3-5(8)6(9)7-4;/h2-3,8H,1H3,(H,7,9);1H4. The second-order valence-corrected chi connectivity index (χ2v) is 1.86. The summed E-state index contributed by atoms with van der Waals surface area (Å²) in [4.78, 5) is 13.0. The molecule has 0 saturated heterocycles. The summed E-state index contributed by atoms with van der Waals surface area (Å²) < 4.78 is 0. The Morgan fingerprint density at radius 3 is 2.50 bits per heavy atom. The van der Waals surface area contributed by atoms with Crippen LogP contribution in [0.25, 0.3) is 0 Å². The summed E-state index contributed by atoms with van der Waals surface area (Å²) >= 11 is 0. The van der Waals surface area contributed by atoms with Gasteiger partial charge in [0.05, 0.1) is 0 Å². The normalized spacial score (nSPS) is 8.50. The van der Waals surface area contributed by atoms with Gasteiger partial charge in [0.1, 0.15) is 0 Å². The number of nitrogens with one attached hydrogen (secondary N) is 1. The van der Waals surface area contributed by atoms with Crippen LogP contribution in [0.2, 0.25) is 0 Å². The zero-order chi connectivity index (χ0) is 6.85. The van der Waals surface area contributed by atoms with Crippen LogP contribution in [0.1, 0.15) is 13.1 Å². The van der Waals surface area contributed by atoms with Gasteiger partial charge in [-0.3, -0.25) is 4.79 Å². The molecule has 1 aromatic rings. The van der Waals surface area contributed by atoms with Gasteiger partial charge in [-0.05, 0) is 19.1 Å². The number of hydrogen-bond donors (Lipinski definition) is 2. The summed E-state index contributed by atoms with van der Waals surface area (Å²) in [6.07, 6.45) is 0. The first kappa shape index (κ1) is 8.75. The zero-order valence-electron chi connectivity index (χ0n) is 5.01. The number of pyridine rings is 1. The van der Waals surface area contributed by atoms with Crippen molar-refractivity contribution in [3.05, 3.63) is 28.2 Å². The molecule has 1 rings (SSSR count). The molecule has 0 fully saturated rings. The fourth-order valence-corrected chi connectivity index (χ4v) is 0.564. The molecule has 0 bridgehead atoms. The van der Waals surface area contributed by atoms with Gasteiger partial charge in [-0.25, -0.2) is 0 Å². The third-order valence-corrected chi connectivity index (χ3v) is 1.03. The number of hydrogen-bond acceptors (Lipinski definition) is 2. The molecule has 0 radical (unpaired) electrons. The van der Waals surface area contributed by atoms with Crippen LogP contribution >= 0.6 is 0 Å². The van der Waals surface area contributed by atoms with Gasteiger partial charge in [0.2, 0.25) is 0 Å². The van der Waals surface area contributed by atoms with Gasteiger partial charge in [-0.1, -0.05) is 7.43 Å². The highest BCUT2D eigenvalue weighted by Gasteiger charge is 1.91. The van der Waals surface area contributed by atoms with Gasteiger partial charge in [-0.2, -0.15) is 0 Å². The summed E-state index contributed by atoms with van der Waals surface area (Å²) in [6, 6.07) is 3.00. The largest absolute Gasteiger partial charge is 0.503 e. The summed E-state index contributed by atoms with van der Waals surface area (Å²) in [5.41, 5.74) is 0.313. The minimum atomic E-state index is -0.435. The van der Waals surface area contributed by atoms with E-state index in [4.69, 9.17) is 5.11 Å². The molecule has 10 heavy (non-hydrogen) atoms. The monoisotopic (exact) mass is 141 g/mol. The minimum absolute atomic E-state index is 0. The molecule has 0 aliphatic carbocycles. The lowest BCUT2D eigenvalue weighted by molar-refractivity contribution is 0.466. The molecule has 2 N–H and O–H groups in total. The Labute approximate surface area is 59.3 Å². The lowest BCUT2D eigenvalue weighted by Gasteiger charge is -1.90. The second-order valence-electron chi connectivity index (χ2n) is 1.86. The molecule has 0 aromatic carbocycles. The van der Waals surface area contributed by atoms with E-state index >= 15 is 0 Å². The fraction of sp³-hybridized carbons (Fsp3) is 0.286. The van der Waals surface area contributed by atoms with E-state index in [-0.39, 0.29) is 13.2 Å². The van der Waals surface area contributed by atoms with Gasteiger partial charge >= 0.3 is 0 Å². The predicted octanol–water partition coefficient (Wildman–Crippen LogP) is 1.03. The van der Waals surface area contributed by atoms with Crippen molar-refractivity contribution in [1.82, 2.24) is 4.98 Å². The van der Waals surface area contributed by atoms with Gasteiger partial charge in [0, 0.05) is 5.69 Å². The smallest absolute Gasteiger partial charge is 0.290 e. The average molecular weight is 141 g/mol. The maximum Gasteiger partial charge on any atom is 0.290 e. The highest BCUT2D eigenvalue weighted by Crippen LogP contribution is 1.97. The number of H-pyrrole nitrogens is 1. The Morgan fingerprint density at radius 2 is 2.10 bits per heavy atom. The number of aromatic amines is 1. The Bertz CT molecular complexity index is 265. The average Bonchev–Trinajstić information content (AvgIpc) is 1.80. The number of aromatic hydroxyl groups is 1. The third kappa shape index (κ3) is 1.62. The zero-order valence-corrected chi connectivity index (χ0v) is 5.01. The van der Waals surface area contributed by atoms with E-state index in [1.54, 1.807) is 13.0 Å². The van der Waals surface area contributed by atoms with Crippen LogP contribution in [-0.4, -0.2) is 10.1 Å². The van der Waals surface area contributed by atoms with Crippen LogP contribution in [0.5, 0.6) is 5.75 Å². The lowest BCUT2D eigenvalue weighted by Crippen LogP contribution is -2.04. The number of aromatic nitrogens is 1. The van der Waals surface area contributed by atoms with Crippen LogP contribution in [0, 0.1) is 6.92 Å². The molecule has 0 atom stereocenters. The predicted molar refractivity (Wildman–Crippen MR) is 40.2 cm³/mol. The van der Waals surface area contributed by atoms with E-state index in [0.29, 0.717) is 0 Å². The number of rotatable bonds is 0. The van der Waals surface area contributed by atoms with Crippen molar-refractivity contribution in [1.29, 1.82) is 0 Å². The Hall–Kier alpha value is -1.25. The fourth-order valence-electron chi connectivity index (χ4n) is 0.564. The molecule has 56 valence electrons. The van der Waals surface area contributed by atoms with Gasteiger partial charge < -0.3 is 10.1 Å². The van der Waals surface area contributed by atoms with Crippen molar-refractivity contribution in [2.24, 2.45) is 0 Å². The van der Waals surface area contributed by atoms with Gasteiger partial charge in [0.25, 0.3) is 5.56 Å². The molecule has 0 aliphatic rings. The molecule has 0 saturated carbocycles. The van der Waals surface area contributed by atoms with Crippen LogP contribution in [-0.2, 0) is 0 Å². The van der Waals surface area contributed by atoms with Crippen LogP contribution in [0.4, 0.5) is 0 Å². The van der Waals surface area contributed by atoms with Gasteiger partial charge in [-0.15, -0.1) is 0 Å². The van der Waals surface area contributed by atoms with Crippen molar-refractivity contribution in [3.63, 3.8) is 0 Å². The molecule has 1 heterocycles. The third-order valence-electron chi connectivity index (χ3n) is 1.03. The molecule has 3 heteroatoms.